The van der Waals surface area contributed by atoms with Crippen LogP contribution in [0.3, 0.4) is 0 Å². The third kappa shape index (κ3) is 3.31. The van der Waals surface area contributed by atoms with Crippen molar-refractivity contribution in [2.75, 3.05) is 13.1 Å². The summed E-state index contributed by atoms with van der Waals surface area (Å²) in [6.07, 6.45) is 5.63. The summed E-state index contributed by atoms with van der Waals surface area (Å²) in [5, 5.41) is 0. The van der Waals surface area contributed by atoms with Crippen LogP contribution in [0.25, 0.3) is 11.3 Å². The zero-order chi connectivity index (χ0) is 17.1. The van der Waals surface area contributed by atoms with Crippen molar-refractivity contribution in [2.45, 2.75) is 18.8 Å². The number of piperidine rings is 1. The Hall–Kier alpha value is -2.95. The van der Waals surface area contributed by atoms with Crippen LogP contribution in [0.5, 0.6) is 0 Å². The molecule has 0 unspecified atom stereocenters. The largest absolute Gasteiger partial charge is 0.348 e. The summed E-state index contributed by atoms with van der Waals surface area (Å²) in [5.41, 5.74) is 2.34. The maximum Gasteiger partial charge on any atom is 0.272 e. The smallest absolute Gasteiger partial charge is 0.272 e. The van der Waals surface area contributed by atoms with Crippen molar-refractivity contribution < 1.29 is 4.79 Å². The van der Waals surface area contributed by atoms with E-state index in [2.05, 4.69) is 15.0 Å². The van der Waals surface area contributed by atoms with Gasteiger partial charge in [0.05, 0.1) is 5.69 Å². The molecule has 1 amide bonds. The number of imidazole rings is 1. The van der Waals surface area contributed by atoms with Crippen LogP contribution in [0.2, 0.25) is 0 Å². The minimum atomic E-state index is -0.00552. The van der Waals surface area contributed by atoms with Gasteiger partial charge in [-0.3, -0.25) is 4.79 Å². The molecule has 1 aliphatic heterocycles. The number of nitrogens with zero attached hydrogens (tertiary/aromatic N) is 3. The molecule has 2 aromatic heterocycles. The van der Waals surface area contributed by atoms with Crippen LogP contribution in [0.1, 0.15) is 35.1 Å². The molecule has 1 saturated heterocycles. The Bertz CT molecular complexity index is 845. The highest BCUT2D eigenvalue weighted by molar-refractivity contribution is 5.93. The van der Waals surface area contributed by atoms with Crippen LogP contribution in [0, 0.1) is 0 Å². The third-order valence-electron chi connectivity index (χ3n) is 4.65. The normalized spacial score (nSPS) is 17.4. The second kappa shape index (κ2) is 6.89. The van der Waals surface area contributed by atoms with E-state index in [1.165, 1.54) is 0 Å². The number of pyridine rings is 1. The lowest BCUT2D eigenvalue weighted by molar-refractivity contribution is 0.0699. The van der Waals surface area contributed by atoms with Gasteiger partial charge in [-0.25, -0.2) is 9.97 Å². The molecule has 0 radical (unpaired) electrons. The first-order valence-corrected chi connectivity index (χ1v) is 8.62. The zero-order valence-electron chi connectivity index (χ0n) is 13.9. The van der Waals surface area contributed by atoms with Crippen molar-refractivity contribution in [2.24, 2.45) is 0 Å². The summed E-state index contributed by atoms with van der Waals surface area (Å²) in [6, 6.07) is 15.6. The molecule has 0 aliphatic carbocycles. The van der Waals surface area contributed by atoms with Crippen molar-refractivity contribution in [3.05, 3.63) is 72.4 Å². The SMILES string of the molecule is O=C(c1cccc(-c2ccccc2)n1)N1CCC[C@H](c2ncc[nH]2)C1. The number of carbonyl (C=O) groups excluding carboxylic acids is 1. The maximum absolute atomic E-state index is 12.9. The standard InChI is InChI=1S/C20H20N4O/c25-20(24-13-5-8-16(14-24)19-21-11-12-22-19)18-10-4-9-17(23-18)15-6-2-1-3-7-15/h1-4,6-7,9-12,16H,5,8,13-14H2,(H,21,22)/t16-/m0/s1. The van der Waals surface area contributed by atoms with Crippen molar-refractivity contribution in [3.8, 4) is 11.3 Å². The molecule has 3 heterocycles. The molecule has 1 atom stereocenters. The van der Waals surface area contributed by atoms with Gasteiger partial charge in [0.15, 0.2) is 0 Å². The van der Waals surface area contributed by atoms with E-state index in [0.717, 1.165) is 36.5 Å². The molecule has 25 heavy (non-hydrogen) atoms. The highest BCUT2D eigenvalue weighted by atomic mass is 16.2. The number of carbonyl (C=O) groups is 1. The van der Waals surface area contributed by atoms with E-state index >= 15 is 0 Å². The highest BCUT2D eigenvalue weighted by Crippen LogP contribution is 2.25. The van der Waals surface area contributed by atoms with Gasteiger partial charge >= 0.3 is 0 Å². The quantitative estimate of drug-likeness (QED) is 0.798. The van der Waals surface area contributed by atoms with Crippen LogP contribution in [-0.4, -0.2) is 38.8 Å². The number of nitrogens with one attached hydrogen (secondary N) is 1. The second-order valence-electron chi connectivity index (χ2n) is 6.34. The van der Waals surface area contributed by atoms with Crippen LogP contribution < -0.4 is 0 Å². The van der Waals surface area contributed by atoms with Crippen molar-refractivity contribution >= 4 is 5.91 Å². The Morgan fingerprint density at radius 3 is 2.80 bits per heavy atom. The van der Waals surface area contributed by atoms with Gasteiger partial charge in [-0.05, 0) is 25.0 Å². The topological polar surface area (TPSA) is 61.9 Å². The van der Waals surface area contributed by atoms with Crippen LogP contribution in [0.4, 0.5) is 0 Å². The average Bonchev–Trinajstić information content (AvgIpc) is 3.23. The first kappa shape index (κ1) is 15.6. The summed E-state index contributed by atoms with van der Waals surface area (Å²) in [5.74, 6) is 1.22. The molecule has 4 rings (SSSR count). The number of hydrogen-bond donors (Lipinski definition) is 1. The molecule has 5 heteroatoms. The lowest BCUT2D eigenvalue weighted by Crippen LogP contribution is -2.39. The van der Waals surface area contributed by atoms with Gasteiger partial charge in [0.2, 0.25) is 0 Å². The van der Waals surface area contributed by atoms with E-state index in [0.29, 0.717) is 12.2 Å². The molecule has 0 saturated carbocycles. The predicted molar refractivity (Wildman–Crippen MR) is 96.1 cm³/mol. The molecule has 5 nitrogen and oxygen atoms in total. The molecule has 1 aliphatic rings. The molecule has 0 bridgehead atoms. The summed E-state index contributed by atoms with van der Waals surface area (Å²) >= 11 is 0. The van der Waals surface area contributed by atoms with E-state index in [9.17, 15) is 4.79 Å². The van der Waals surface area contributed by atoms with Crippen molar-refractivity contribution in [3.63, 3.8) is 0 Å². The van der Waals surface area contributed by atoms with Crippen molar-refractivity contribution in [1.82, 2.24) is 19.9 Å². The minimum absolute atomic E-state index is 0.00552. The fourth-order valence-corrected chi connectivity index (χ4v) is 3.37. The minimum Gasteiger partial charge on any atom is -0.348 e. The fourth-order valence-electron chi connectivity index (χ4n) is 3.37. The molecule has 1 aromatic carbocycles. The van der Waals surface area contributed by atoms with E-state index in [1.54, 1.807) is 12.3 Å². The molecule has 1 N–H and O–H groups in total. The fraction of sp³-hybridized carbons (Fsp3) is 0.250. The van der Waals surface area contributed by atoms with Gasteiger partial charge in [-0.1, -0.05) is 36.4 Å². The highest BCUT2D eigenvalue weighted by Gasteiger charge is 2.27. The Kier molecular flexibility index (Phi) is 4.29. The van der Waals surface area contributed by atoms with Gasteiger partial charge in [-0.15, -0.1) is 0 Å². The number of aromatic amines is 1. The Balaban J connectivity index is 1.54. The number of benzene rings is 1. The molecular weight excluding hydrogens is 312 g/mol. The molecule has 1 fully saturated rings. The van der Waals surface area contributed by atoms with E-state index in [4.69, 9.17) is 0 Å². The van der Waals surface area contributed by atoms with Gasteiger partial charge < -0.3 is 9.88 Å². The van der Waals surface area contributed by atoms with Gasteiger partial charge in [0.25, 0.3) is 5.91 Å². The first-order chi connectivity index (χ1) is 12.3. The summed E-state index contributed by atoms with van der Waals surface area (Å²) < 4.78 is 0. The lowest BCUT2D eigenvalue weighted by atomic mass is 9.97. The zero-order valence-corrected chi connectivity index (χ0v) is 13.9. The average molecular weight is 332 g/mol. The number of rotatable bonds is 3. The Labute approximate surface area is 146 Å². The third-order valence-corrected chi connectivity index (χ3v) is 4.65. The van der Waals surface area contributed by atoms with E-state index in [1.807, 2.05) is 53.6 Å². The van der Waals surface area contributed by atoms with Crippen LogP contribution in [0.15, 0.2) is 60.9 Å². The maximum atomic E-state index is 12.9. The predicted octanol–water partition coefficient (Wildman–Crippen LogP) is 3.49. The van der Waals surface area contributed by atoms with Crippen LogP contribution >= 0.6 is 0 Å². The van der Waals surface area contributed by atoms with Gasteiger partial charge in [0, 0.05) is 37.0 Å². The first-order valence-electron chi connectivity index (χ1n) is 8.62. The number of likely N-dealkylation sites (tertiary alicyclic amines) is 1. The summed E-state index contributed by atoms with van der Waals surface area (Å²) in [4.78, 5) is 26.9. The van der Waals surface area contributed by atoms with Gasteiger partial charge in [-0.2, -0.15) is 0 Å². The molecule has 3 aromatic rings. The Morgan fingerprint density at radius 2 is 2.00 bits per heavy atom. The summed E-state index contributed by atoms with van der Waals surface area (Å²) in [7, 11) is 0. The molecule has 126 valence electrons. The lowest BCUT2D eigenvalue weighted by Gasteiger charge is -2.31. The Morgan fingerprint density at radius 1 is 1.12 bits per heavy atom. The monoisotopic (exact) mass is 332 g/mol. The van der Waals surface area contributed by atoms with E-state index in [-0.39, 0.29) is 11.8 Å². The van der Waals surface area contributed by atoms with Crippen LogP contribution in [-0.2, 0) is 0 Å². The number of aromatic nitrogens is 3. The summed E-state index contributed by atoms with van der Waals surface area (Å²) in [6.45, 7) is 1.46. The van der Waals surface area contributed by atoms with Crippen molar-refractivity contribution in [1.29, 1.82) is 0 Å². The molecule has 0 spiro atoms. The number of H-pyrrole nitrogens is 1. The van der Waals surface area contributed by atoms with Gasteiger partial charge in [0.1, 0.15) is 11.5 Å². The number of hydrogen-bond acceptors (Lipinski definition) is 3. The van der Waals surface area contributed by atoms with E-state index < -0.39 is 0 Å². The number of amides is 1. The molecular formula is C20H20N4O. The second-order valence-corrected chi connectivity index (χ2v) is 6.34.